The van der Waals surface area contributed by atoms with Crippen LogP contribution >= 0.6 is 0 Å². The van der Waals surface area contributed by atoms with E-state index >= 15 is 0 Å². The first-order valence-electron chi connectivity index (χ1n) is 6.60. The fourth-order valence-electron chi connectivity index (χ4n) is 1.76. The van der Waals surface area contributed by atoms with Crippen molar-refractivity contribution in [2.24, 2.45) is 0 Å². The van der Waals surface area contributed by atoms with Crippen molar-refractivity contribution in [2.45, 2.75) is 13.0 Å². The molecule has 4 nitrogen and oxygen atoms in total. The number of benzene rings is 2. The number of amides is 1. The topological polar surface area (TPSA) is 55.4 Å². The Balaban J connectivity index is 2.06. The van der Waals surface area contributed by atoms with Gasteiger partial charge < -0.3 is 10.1 Å². The van der Waals surface area contributed by atoms with E-state index in [9.17, 15) is 22.8 Å². The van der Waals surface area contributed by atoms with Gasteiger partial charge in [-0.3, -0.25) is 4.79 Å². The van der Waals surface area contributed by atoms with E-state index in [4.69, 9.17) is 4.74 Å². The first kappa shape index (κ1) is 16.5. The molecule has 2 aromatic rings. The molecule has 1 amide bonds. The summed E-state index contributed by atoms with van der Waals surface area (Å²) in [6.45, 7) is 1.20. The van der Waals surface area contributed by atoms with Crippen LogP contribution in [0.5, 0.6) is 0 Å². The highest BCUT2D eigenvalue weighted by Crippen LogP contribution is 2.16. The maximum absolute atomic E-state index is 13.5. The molecule has 2 rings (SSSR count). The molecular formula is C16H12F3NO3. The van der Waals surface area contributed by atoms with Gasteiger partial charge in [-0.1, -0.05) is 18.2 Å². The largest absolute Gasteiger partial charge is 0.449 e. The number of hydrogen-bond donors (Lipinski definition) is 1. The number of carbonyl (C=O) groups excluding carboxylic acids is 2. The summed E-state index contributed by atoms with van der Waals surface area (Å²) in [5.74, 6) is -5.02. The summed E-state index contributed by atoms with van der Waals surface area (Å²) in [5.41, 5.74) is -0.990. The molecule has 0 saturated carbocycles. The minimum absolute atomic E-state index is 0.0996. The van der Waals surface area contributed by atoms with E-state index < -0.39 is 41.0 Å². The lowest BCUT2D eigenvalue weighted by Gasteiger charge is -2.14. The highest BCUT2D eigenvalue weighted by Gasteiger charge is 2.24. The molecule has 1 atom stereocenters. The SMILES string of the molecule is C[C@H](OC(=O)c1c(F)cccc1F)C(=O)Nc1ccccc1F. The molecule has 7 heteroatoms. The fraction of sp³-hybridized carbons (Fsp3) is 0.125. The third kappa shape index (κ3) is 3.88. The second-order valence-electron chi connectivity index (χ2n) is 4.61. The zero-order valence-corrected chi connectivity index (χ0v) is 12.0. The van der Waals surface area contributed by atoms with Crippen molar-refractivity contribution in [3.8, 4) is 0 Å². The molecular weight excluding hydrogens is 311 g/mol. The van der Waals surface area contributed by atoms with Gasteiger partial charge in [0.15, 0.2) is 6.10 Å². The number of rotatable bonds is 4. The van der Waals surface area contributed by atoms with Gasteiger partial charge in [-0.15, -0.1) is 0 Å². The Kier molecular flexibility index (Phi) is 5.00. The maximum Gasteiger partial charge on any atom is 0.344 e. The zero-order valence-electron chi connectivity index (χ0n) is 12.0. The summed E-state index contributed by atoms with van der Waals surface area (Å²) in [6, 6.07) is 8.28. The van der Waals surface area contributed by atoms with E-state index in [-0.39, 0.29) is 5.69 Å². The lowest BCUT2D eigenvalue weighted by molar-refractivity contribution is -0.123. The van der Waals surface area contributed by atoms with Crippen molar-refractivity contribution < 1.29 is 27.5 Å². The molecule has 0 aliphatic heterocycles. The Bertz CT molecular complexity index is 729. The Labute approximate surface area is 129 Å². The highest BCUT2D eigenvalue weighted by atomic mass is 19.1. The van der Waals surface area contributed by atoms with Crippen LogP contribution in [0, 0.1) is 17.5 Å². The summed E-state index contributed by atoms with van der Waals surface area (Å²) < 4.78 is 45.1. The minimum atomic E-state index is -1.37. The van der Waals surface area contributed by atoms with Gasteiger partial charge in [0.05, 0.1) is 5.69 Å². The van der Waals surface area contributed by atoms with Crippen LogP contribution < -0.4 is 5.32 Å². The molecule has 0 aliphatic carbocycles. The average Bonchev–Trinajstić information content (AvgIpc) is 2.49. The van der Waals surface area contributed by atoms with Gasteiger partial charge in [0.25, 0.3) is 5.91 Å². The molecule has 0 saturated heterocycles. The quantitative estimate of drug-likeness (QED) is 0.879. The number of para-hydroxylation sites is 1. The lowest BCUT2D eigenvalue weighted by atomic mass is 10.2. The Morgan fingerprint density at radius 2 is 1.52 bits per heavy atom. The summed E-state index contributed by atoms with van der Waals surface area (Å²) in [4.78, 5) is 23.6. The molecule has 1 N–H and O–H groups in total. The predicted molar refractivity (Wildman–Crippen MR) is 76.3 cm³/mol. The highest BCUT2D eigenvalue weighted by molar-refractivity contribution is 5.97. The van der Waals surface area contributed by atoms with Crippen LogP contribution in [0.1, 0.15) is 17.3 Å². The zero-order chi connectivity index (χ0) is 17.0. The molecule has 23 heavy (non-hydrogen) atoms. The maximum atomic E-state index is 13.5. The number of esters is 1. The van der Waals surface area contributed by atoms with E-state index in [0.29, 0.717) is 0 Å². The molecule has 0 spiro atoms. The van der Waals surface area contributed by atoms with Crippen molar-refractivity contribution >= 4 is 17.6 Å². The second kappa shape index (κ2) is 6.95. The standard InChI is InChI=1S/C16H12F3NO3/c1-9(15(21)20-13-8-3-2-5-10(13)17)23-16(22)14-11(18)6-4-7-12(14)19/h2-9H,1H3,(H,20,21)/t9-/m0/s1. The van der Waals surface area contributed by atoms with Gasteiger partial charge in [-0.05, 0) is 31.2 Å². The smallest absolute Gasteiger partial charge is 0.344 e. The van der Waals surface area contributed by atoms with Crippen molar-refractivity contribution in [1.82, 2.24) is 0 Å². The van der Waals surface area contributed by atoms with Crippen LogP contribution in [0.3, 0.4) is 0 Å². The van der Waals surface area contributed by atoms with Gasteiger partial charge in [0.1, 0.15) is 23.0 Å². The number of hydrogen-bond acceptors (Lipinski definition) is 3. The first-order chi connectivity index (χ1) is 10.9. The van der Waals surface area contributed by atoms with E-state index in [0.717, 1.165) is 24.3 Å². The lowest BCUT2D eigenvalue weighted by Crippen LogP contribution is -2.30. The third-order valence-electron chi connectivity index (χ3n) is 2.95. The van der Waals surface area contributed by atoms with E-state index in [1.807, 2.05) is 0 Å². The molecule has 0 fully saturated rings. The molecule has 0 unspecified atom stereocenters. The van der Waals surface area contributed by atoms with E-state index in [1.165, 1.54) is 25.1 Å². The van der Waals surface area contributed by atoms with Gasteiger partial charge in [0, 0.05) is 0 Å². The van der Waals surface area contributed by atoms with Crippen molar-refractivity contribution in [2.75, 3.05) is 5.32 Å². The molecule has 120 valence electrons. The summed E-state index contributed by atoms with van der Waals surface area (Å²) >= 11 is 0. The molecule has 0 bridgehead atoms. The van der Waals surface area contributed by atoms with Crippen LogP contribution in [-0.4, -0.2) is 18.0 Å². The summed E-state index contributed by atoms with van der Waals surface area (Å²) in [6.07, 6.45) is -1.37. The fourth-order valence-corrected chi connectivity index (χ4v) is 1.76. The monoisotopic (exact) mass is 323 g/mol. The van der Waals surface area contributed by atoms with Gasteiger partial charge in [0.2, 0.25) is 0 Å². The Hall–Kier alpha value is -2.83. The van der Waals surface area contributed by atoms with Crippen LogP contribution in [0.15, 0.2) is 42.5 Å². The van der Waals surface area contributed by atoms with Gasteiger partial charge in [-0.2, -0.15) is 0 Å². The second-order valence-corrected chi connectivity index (χ2v) is 4.61. The molecule has 2 aromatic carbocycles. The number of ether oxygens (including phenoxy) is 1. The predicted octanol–water partition coefficient (Wildman–Crippen LogP) is 3.29. The molecule has 0 heterocycles. The minimum Gasteiger partial charge on any atom is -0.449 e. The van der Waals surface area contributed by atoms with Crippen LogP contribution in [0.2, 0.25) is 0 Å². The van der Waals surface area contributed by atoms with Crippen LogP contribution in [-0.2, 0) is 9.53 Å². The van der Waals surface area contributed by atoms with E-state index in [2.05, 4.69) is 5.32 Å². The normalized spacial score (nSPS) is 11.7. The first-order valence-corrected chi connectivity index (χ1v) is 6.60. The van der Waals surface area contributed by atoms with Crippen molar-refractivity contribution in [3.05, 3.63) is 65.5 Å². The summed E-state index contributed by atoms with van der Waals surface area (Å²) in [5, 5.41) is 2.22. The van der Waals surface area contributed by atoms with Crippen molar-refractivity contribution in [1.29, 1.82) is 0 Å². The summed E-state index contributed by atoms with van der Waals surface area (Å²) in [7, 11) is 0. The van der Waals surface area contributed by atoms with Gasteiger partial charge in [-0.25, -0.2) is 18.0 Å². The molecule has 0 aliphatic rings. The molecule has 0 radical (unpaired) electrons. The van der Waals surface area contributed by atoms with Crippen LogP contribution in [0.4, 0.5) is 18.9 Å². The number of nitrogens with one attached hydrogen (secondary N) is 1. The van der Waals surface area contributed by atoms with E-state index in [1.54, 1.807) is 0 Å². The average molecular weight is 323 g/mol. The Morgan fingerprint density at radius 1 is 0.957 bits per heavy atom. The number of halogens is 3. The Morgan fingerprint density at radius 3 is 2.13 bits per heavy atom. The molecule has 0 aromatic heterocycles. The van der Waals surface area contributed by atoms with Crippen molar-refractivity contribution in [3.63, 3.8) is 0 Å². The van der Waals surface area contributed by atoms with Gasteiger partial charge >= 0.3 is 5.97 Å². The number of anilines is 1. The van der Waals surface area contributed by atoms with Crippen LogP contribution in [0.25, 0.3) is 0 Å². The number of carbonyl (C=O) groups is 2. The third-order valence-corrected chi connectivity index (χ3v) is 2.95.